The summed E-state index contributed by atoms with van der Waals surface area (Å²) in [6.45, 7) is 3.88. The molecular weight excluding hydrogens is 176 g/mol. The number of anilines is 1. The van der Waals surface area contributed by atoms with Gasteiger partial charge in [0.2, 0.25) is 0 Å². The fourth-order valence-electron chi connectivity index (χ4n) is 1.52. The fourth-order valence-corrected chi connectivity index (χ4v) is 1.52. The second-order valence-corrected chi connectivity index (χ2v) is 3.38. The number of rotatable bonds is 0. The van der Waals surface area contributed by atoms with Gasteiger partial charge in [0.1, 0.15) is 11.4 Å². The molecule has 0 aliphatic carbocycles. The molecule has 0 radical (unpaired) electrons. The number of hydrogen-bond acceptors (Lipinski definition) is 3. The van der Waals surface area contributed by atoms with Crippen molar-refractivity contribution in [2.24, 2.45) is 4.99 Å². The quantitative estimate of drug-likeness (QED) is 0.657. The molecule has 0 bridgehead atoms. The molecule has 1 heterocycles. The van der Waals surface area contributed by atoms with Crippen molar-refractivity contribution >= 4 is 17.1 Å². The maximum Gasteiger partial charge on any atom is 0.143 e. The summed E-state index contributed by atoms with van der Waals surface area (Å²) >= 11 is 0. The van der Waals surface area contributed by atoms with E-state index in [1.807, 2.05) is 26.0 Å². The van der Waals surface area contributed by atoms with E-state index in [-0.39, 0.29) is 5.75 Å². The summed E-state index contributed by atoms with van der Waals surface area (Å²) in [5.41, 5.74) is 3.36. The Hall–Kier alpha value is -1.77. The number of aromatic hydroxyl groups is 1. The van der Waals surface area contributed by atoms with Crippen molar-refractivity contribution in [3.63, 3.8) is 0 Å². The zero-order valence-electron chi connectivity index (χ0n) is 8.20. The first-order valence-corrected chi connectivity index (χ1v) is 4.49. The number of fused-ring (bicyclic) bond motifs is 1. The molecule has 0 amide bonds. The number of nitrogens with one attached hydrogen (secondary N) is 1. The van der Waals surface area contributed by atoms with Crippen LogP contribution in [0.2, 0.25) is 0 Å². The first kappa shape index (κ1) is 8.81. The van der Waals surface area contributed by atoms with E-state index in [4.69, 9.17) is 0 Å². The lowest BCUT2D eigenvalue weighted by Gasteiger charge is -2.07. The van der Waals surface area contributed by atoms with Crippen molar-refractivity contribution < 1.29 is 5.11 Å². The largest absolute Gasteiger partial charge is 0.506 e. The summed E-state index contributed by atoms with van der Waals surface area (Å²) in [6.07, 6.45) is 1.94. The van der Waals surface area contributed by atoms with Crippen LogP contribution in [0, 0.1) is 0 Å². The van der Waals surface area contributed by atoms with Gasteiger partial charge < -0.3 is 10.4 Å². The minimum Gasteiger partial charge on any atom is -0.506 e. The molecule has 3 heteroatoms. The second kappa shape index (κ2) is 3.18. The summed E-state index contributed by atoms with van der Waals surface area (Å²) in [4.78, 5) is 4.32. The Morgan fingerprint density at radius 2 is 2.07 bits per heavy atom. The van der Waals surface area contributed by atoms with E-state index in [0.29, 0.717) is 5.69 Å². The standard InChI is InChI=1S/C11H12N2O/c1-7-6-8(2)13-11-9(12-7)4-3-5-10(11)14/h3-6,12,14H,1-2H3. The lowest BCUT2D eigenvalue weighted by molar-refractivity contribution is 0.477. The van der Waals surface area contributed by atoms with Crippen LogP contribution in [0.4, 0.5) is 11.4 Å². The van der Waals surface area contributed by atoms with Crippen LogP contribution in [-0.2, 0) is 0 Å². The van der Waals surface area contributed by atoms with Crippen molar-refractivity contribution in [3.05, 3.63) is 30.0 Å². The topological polar surface area (TPSA) is 44.6 Å². The molecule has 1 aromatic carbocycles. The van der Waals surface area contributed by atoms with Crippen molar-refractivity contribution in [1.82, 2.24) is 0 Å². The Morgan fingerprint density at radius 1 is 1.29 bits per heavy atom. The monoisotopic (exact) mass is 188 g/mol. The van der Waals surface area contributed by atoms with E-state index >= 15 is 0 Å². The molecule has 3 nitrogen and oxygen atoms in total. The van der Waals surface area contributed by atoms with Crippen LogP contribution >= 0.6 is 0 Å². The molecule has 1 aromatic rings. The van der Waals surface area contributed by atoms with Crippen LogP contribution < -0.4 is 5.32 Å². The second-order valence-electron chi connectivity index (χ2n) is 3.38. The molecule has 0 spiro atoms. The van der Waals surface area contributed by atoms with Crippen molar-refractivity contribution in [3.8, 4) is 5.75 Å². The highest BCUT2D eigenvalue weighted by molar-refractivity contribution is 5.98. The molecule has 0 saturated heterocycles. The van der Waals surface area contributed by atoms with E-state index in [1.54, 1.807) is 12.1 Å². The fraction of sp³-hybridized carbons (Fsp3) is 0.182. The first-order chi connectivity index (χ1) is 6.66. The minimum atomic E-state index is 0.206. The first-order valence-electron chi connectivity index (χ1n) is 4.49. The van der Waals surface area contributed by atoms with Crippen LogP contribution in [-0.4, -0.2) is 10.8 Å². The lowest BCUT2D eigenvalue weighted by Crippen LogP contribution is -1.94. The van der Waals surface area contributed by atoms with Crippen molar-refractivity contribution in [2.45, 2.75) is 13.8 Å². The third-order valence-electron chi connectivity index (χ3n) is 2.06. The Bertz CT molecular complexity index is 433. The SMILES string of the molecule is CC1=CC(C)=Nc2c(O)cccc2N1. The van der Waals surface area contributed by atoms with Crippen molar-refractivity contribution in [1.29, 1.82) is 0 Å². The highest BCUT2D eigenvalue weighted by Crippen LogP contribution is 2.36. The van der Waals surface area contributed by atoms with Gasteiger partial charge in [-0.2, -0.15) is 0 Å². The number of hydrogen-bond donors (Lipinski definition) is 2. The molecule has 2 rings (SSSR count). The van der Waals surface area contributed by atoms with Crippen molar-refractivity contribution in [2.75, 3.05) is 5.32 Å². The Balaban J connectivity index is 2.61. The third-order valence-corrected chi connectivity index (χ3v) is 2.06. The molecule has 0 aromatic heterocycles. The van der Waals surface area contributed by atoms with Gasteiger partial charge in [-0.3, -0.25) is 0 Å². The maximum absolute atomic E-state index is 9.62. The van der Waals surface area contributed by atoms with Gasteiger partial charge in [0.25, 0.3) is 0 Å². The number of phenolic OH excluding ortho intramolecular Hbond substituents is 1. The van der Waals surface area contributed by atoms with Gasteiger partial charge >= 0.3 is 0 Å². The molecule has 72 valence electrons. The highest BCUT2D eigenvalue weighted by atomic mass is 16.3. The van der Waals surface area contributed by atoms with Crippen LogP contribution in [0.15, 0.2) is 35.0 Å². The van der Waals surface area contributed by atoms with Crippen LogP contribution in [0.5, 0.6) is 5.75 Å². The predicted molar refractivity (Wildman–Crippen MR) is 58.3 cm³/mol. The number of allylic oxidation sites excluding steroid dienone is 2. The Morgan fingerprint density at radius 3 is 2.86 bits per heavy atom. The summed E-state index contributed by atoms with van der Waals surface area (Å²) < 4.78 is 0. The van der Waals surface area contributed by atoms with Crippen LogP contribution in [0.25, 0.3) is 0 Å². The van der Waals surface area contributed by atoms with Gasteiger partial charge in [-0.15, -0.1) is 0 Å². The van der Waals surface area contributed by atoms with Gasteiger partial charge in [0, 0.05) is 11.4 Å². The Labute approximate surface area is 82.8 Å². The normalized spacial score (nSPS) is 14.7. The number of para-hydroxylation sites is 1. The molecule has 0 saturated carbocycles. The molecule has 2 N–H and O–H groups in total. The van der Waals surface area contributed by atoms with E-state index in [1.165, 1.54) is 0 Å². The predicted octanol–water partition coefficient (Wildman–Crippen LogP) is 2.81. The zero-order chi connectivity index (χ0) is 10.1. The summed E-state index contributed by atoms with van der Waals surface area (Å²) in [5, 5.41) is 12.8. The summed E-state index contributed by atoms with van der Waals surface area (Å²) in [6, 6.07) is 5.33. The van der Waals surface area contributed by atoms with Crippen LogP contribution in [0.1, 0.15) is 13.8 Å². The van der Waals surface area contributed by atoms with Gasteiger partial charge in [-0.05, 0) is 32.1 Å². The number of aliphatic imine (C=N–C) groups is 1. The van der Waals surface area contributed by atoms with E-state index in [9.17, 15) is 5.11 Å². The third kappa shape index (κ3) is 1.48. The zero-order valence-corrected chi connectivity index (χ0v) is 8.20. The molecule has 14 heavy (non-hydrogen) atoms. The molecular formula is C11H12N2O. The number of benzene rings is 1. The van der Waals surface area contributed by atoms with E-state index in [0.717, 1.165) is 17.1 Å². The average molecular weight is 188 g/mol. The average Bonchev–Trinajstić information content (AvgIpc) is 2.23. The molecule has 0 fully saturated rings. The van der Waals surface area contributed by atoms with Crippen LogP contribution in [0.3, 0.4) is 0 Å². The number of nitrogens with zero attached hydrogens (tertiary/aromatic N) is 1. The molecule has 0 unspecified atom stereocenters. The van der Waals surface area contributed by atoms with E-state index in [2.05, 4.69) is 10.3 Å². The lowest BCUT2D eigenvalue weighted by atomic mass is 10.2. The van der Waals surface area contributed by atoms with Gasteiger partial charge in [0.15, 0.2) is 0 Å². The summed E-state index contributed by atoms with van der Waals surface area (Å²) in [5.74, 6) is 0.206. The van der Waals surface area contributed by atoms with Gasteiger partial charge in [0.05, 0.1) is 5.69 Å². The highest BCUT2D eigenvalue weighted by Gasteiger charge is 2.09. The molecule has 1 aliphatic rings. The molecule has 0 atom stereocenters. The minimum absolute atomic E-state index is 0.206. The molecule has 1 aliphatic heterocycles. The smallest absolute Gasteiger partial charge is 0.143 e. The maximum atomic E-state index is 9.62. The van der Waals surface area contributed by atoms with Gasteiger partial charge in [-0.25, -0.2) is 4.99 Å². The summed E-state index contributed by atoms with van der Waals surface area (Å²) in [7, 11) is 0. The number of phenols is 1. The van der Waals surface area contributed by atoms with E-state index < -0.39 is 0 Å². The Kier molecular flexibility index (Phi) is 2.00. The van der Waals surface area contributed by atoms with Gasteiger partial charge in [-0.1, -0.05) is 6.07 Å².